The Bertz CT molecular complexity index is 1100. The predicted octanol–water partition coefficient (Wildman–Crippen LogP) is 4.74. The first-order valence-corrected chi connectivity index (χ1v) is 12.6. The van der Waals surface area contributed by atoms with E-state index < -0.39 is 10.0 Å². The van der Waals surface area contributed by atoms with Crippen LogP contribution in [0.5, 0.6) is 0 Å². The Morgan fingerprint density at radius 2 is 1.37 bits per heavy atom. The van der Waals surface area contributed by atoms with Crippen LogP contribution in [0.4, 0.5) is 5.69 Å². The molecule has 0 aromatic heterocycles. The summed E-state index contributed by atoms with van der Waals surface area (Å²) in [5, 5.41) is 9.17. The van der Waals surface area contributed by atoms with Gasteiger partial charge >= 0.3 is 0 Å². The molecule has 4 fully saturated rings. The van der Waals surface area contributed by atoms with E-state index in [0.717, 1.165) is 23.8 Å². The van der Waals surface area contributed by atoms with Crippen molar-refractivity contribution >= 4 is 15.7 Å². The van der Waals surface area contributed by atoms with Crippen LogP contribution in [0.15, 0.2) is 48.5 Å². The molecular weight excluding hydrogens is 392 g/mol. The third-order valence-electron chi connectivity index (χ3n) is 8.03. The van der Waals surface area contributed by atoms with Crippen molar-refractivity contribution in [3.8, 4) is 6.07 Å². The van der Waals surface area contributed by atoms with Crippen LogP contribution >= 0.6 is 0 Å². The maximum Gasteiger partial charge on any atom is 0.231 e. The molecule has 4 bridgehead atoms. The van der Waals surface area contributed by atoms with Gasteiger partial charge in [0.25, 0.3) is 0 Å². The van der Waals surface area contributed by atoms with E-state index in [9.17, 15) is 13.7 Å². The number of anilines is 1. The third-order valence-corrected chi connectivity index (χ3v) is 9.23. The van der Waals surface area contributed by atoms with E-state index >= 15 is 0 Å². The Morgan fingerprint density at radius 3 is 1.80 bits per heavy atom. The van der Waals surface area contributed by atoms with Gasteiger partial charge in [0.1, 0.15) is 0 Å². The molecule has 2 aromatic carbocycles. The Hall–Kier alpha value is -2.32. The normalized spacial score (nSPS) is 32.0. The zero-order valence-corrected chi connectivity index (χ0v) is 18.5. The van der Waals surface area contributed by atoms with Crippen LogP contribution in [-0.2, 0) is 20.9 Å². The Kier molecular flexibility index (Phi) is 4.31. The number of rotatable bonds is 4. The van der Waals surface area contributed by atoms with Gasteiger partial charge in [-0.15, -0.1) is 0 Å². The number of nitriles is 1. The summed E-state index contributed by atoms with van der Waals surface area (Å²) >= 11 is 0. The quantitative estimate of drug-likeness (QED) is 0.717. The number of nitrogens with zero attached hydrogens (tertiary/aromatic N) is 2. The van der Waals surface area contributed by atoms with E-state index in [4.69, 9.17) is 0 Å². The largest absolute Gasteiger partial charge is 0.274 e. The summed E-state index contributed by atoms with van der Waals surface area (Å²) in [6, 6.07) is 18.8. The van der Waals surface area contributed by atoms with Gasteiger partial charge in [-0.2, -0.15) is 5.26 Å². The molecule has 30 heavy (non-hydrogen) atoms. The smallest absolute Gasteiger partial charge is 0.231 e. The molecule has 0 amide bonds. The highest BCUT2D eigenvalue weighted by molar-refractivity contribution is 7.92. The molecule has 2 unspecified atom stereocenters. The Labute approximate surface area is 179 Å². The number of hydrogen-bond donors (Lipinski definition) is 0. The maximum absolute atomic E-state index is 11.9. The highest BCUT2D eigenvalue weighted by Crippen LogP contribution is 2.66. The summed E-state index contributed by atoms with van der Waals surface area (Å²) in [6.45, 7) is 0. The second-order valence-corrected chi connectivity index (χ2v) is 12.0. The average molecular weight is 421 g/mol. The molecule has 0 saturated heterocycles. The summed E-state index contributed by atoms with van der Waals surface area (Å²) < 4.78 is 25.1. The highest BCUT2D eigenvalue weighted by Gasteiger charge is 2.58. The van der Waals surface area contributed by atoms with Crippen molar-refractivity contribution in [2.75, 3.05) is 17.6 Å². The molecule has 156 valence electrons. The SMILES string of the molecule is CN(c1ccc(C23CC4CC(CC(c5ccc(C#N)cc5)(C4)C2)C3)cc1)S(C)(=O)=O. The molecule has 0 aliphatic heterocycles. The number of hydrogen-bond acceptors (Lipinski definition) is 3. The van der Waals surface area contributed by atoms with Crippen LogP contribution in [0.2, 0.25) is 0 Å². The van der Waals surface area contributed by atoms with Gasteiger partial charge in [0.05, 0.1) is 23.6 Å². The fourth-order valence-corrected chi connectivity index (χ4v) is 7.56. The van der Waals surface area contributed by atoms with Gasteiger partial charge in [0.2, 0.25) is 10.0 Å². The minimum atomic E-state index is -3.25. The van der Waals surface area contributed by atoms with E-state index in [1.165, 1.54) is 53.8 Å². The zero-order valence-electron chi connectivity index (χ0n) is 17.6. The Morgan fingerprint density at radius 1 is 0.900 bits per heavy atom. The van der Waals surface area contributed by atoms with Gasteiger partial charge in [0.15, 0.2) is 0 Å². The van der Waals surface area contributed by atoms with Crippen LogP contribution in [-0.4, -0.2) is 21.7 Å². The molecule has 2 atom stereocenters. The van der Waals surface area contributed by atoms with Crippen molar-refractivity contribution in [1.29, 1.82) is 5.26 Å². The lowest BCUT2D eigenvalue weighted by molar-refractivity contribution is -0.0281. The van der Waals surface area contributed by atoms with Crippen molar-refractivity contribution < 1.29 is 8.42 Å². The highest BCUT2D eigenvalue weighted by atomic mass is 32.2. The Balaban J connectivity index is 1.51. The monoisotopic (exact) mass is 420 g/mol. The molecular formula is C25H28N2O2S. The van der Waals surface area contributed by atoms with E-state index in [1.807, 2.05) is 24.3 Å². The number of benzene rings is 2. The molecule has 6 rings (SSSR count). The topological polar surface area (TPSA) is 61.2 Å². The zero-order chi connectivity index (χ0) is 21.1. The molecule has 0 heterocycles. The minimum absolute atomic E-state index is 0.181. The van der Waals surface area contributed by atoms with E-state index in [2.05, 4.69) is 30.3 Å². The number of sulfonamides is 1. The summed E-state index contributed by atoms with van der Waals surface area (Å²) in [5.74, 6) is 1.50. The molecule has 4 saturated carbocycles. The van der Waals surface area contributed by atoms with Crippen molar-refractivity contribution in [2.24, 2.45) is 11.8 Å². The molecule has 0 spiro atoms. The van der Waals surface area contributed by atoms with E-state index in [1.54, 1.807) is 7.05 Å². The summed E-state index contributed by atoms with van der Waals surface area (Å²) in [7, 11) is -1.65. The predicted molar refractivity (Wildman–Crippen MR) is 119 cm³/mol. The second kappa shape index (κ2) is 6.59. The first-order valence-electron chi connectivity index (χ1n) is 10.8. The lowest BCUT2D eigenvalue weighted by Crippen LogP contribution is -2.55. The third kappa shape index (κ3) is 3.04. The first kappa shape index (κ1) is 19.6. The summed E-state index contributed by atoms with van der Waals surface area (Å²) in [6.07, 6.45) is 8.72. The van der Waals surface area contributed by atoms with Crippen LogP contribution in [0.3, 0.4) is 0 Å². The molecule has 4 aliphatic carbocycles. The van der Waals surface area contributed by atoms with Gasteiger partial charge in [-0.3, -0.25) is 4.31 Å². The van der Waals surface area contributed by atoms with Crippen molar-refractivity contribution in [3.63, 3.8) is 0 Å². The van der Waals surface area contributed by atoms with Crippen LogP contribution < -0.4 is 4.31 Å². The van der Waals surface area contributed by atoms with Crippen molar-refractivity contribution in [2.45, 2.75) is 49.4 Å². The lowest BCUT2D eigenvalue weighted by Gasteiger charge is -2.63. The van der Waals surface area contributed by atoms with E-state index in [-0.39, 0.29) is 10.8 Å². The minimum Gasteiger partial charge on any atom is -0.274 e. The van der Waals surface area contributed by atoms with Gasteiger partial charge in [-0.05, 0) is 96.6 Å². The van der Waals surface area contributed by atoms with Crippen molar-refractivity contribution in [1.82, 2.24) is 0 Å². The maximum atomic E-state index is 11.9. The summed E-state index contributed by atoms with van der Waals surface area (Å²) in [4.78, 5) is 0. The van der Waals surface area contributed by atoms with Crippen molar-refractivity contribution in [3.05, 3.63) is 65.2 Å². The lowest BCUT2D eigenvalue weighted by atomic mass is 9.42. The van der Waals surface area contributed by atoms with E-state index in [0.29, 0.717) is 5.69 Å². The molecule has 4 nitrogen and oxygen atoms in total. The molecule has 5 heteroatoms. The van der Waals surface area contributed by atoms with Crippen LogP contribution in [0, 0.1) is 23.2 Å². The van der Waals surface area contributed by atoms with Gasteiger partial charge in [-0.1, -0.05) is 24.3 Å². The average Bonchev–Trinajstić information content (AvgIpc) is 2.72. The summed E-state index contributed by atoms with van der Waals surface area (Å²) in [5.41, 5.74) is 4.59. The molecule has 0 N–H and O–H groups in total. The van der Waals surface area contributed by atoms with Gasteiger partial charge in [0, 0.05) is 7.05 Å². The van der Waals surface area contributed by atoms with Gasteiger partial charge < -0.3 is 0 Å². The first-order chi connectivity index (χ1) is 14.2. The standard InChI is InChI=1S/C25H28N2O2S/c1-27(30(2,28)29)23-9-7-22(8-10-23)25-14-19-11-20(15-25)13-24(12-19,17-25)21-5-3-18(16-26)4-6-21/h3-10,19-20H,11-15,17H2,1-2H3. The van der Waals surface area contributed by atoms with Crippen LogP contribution in [0.25, 0.3) is 0 Å². The molecule has 2 aromatic rings. The second-order valence-electron chi connectivity index (χ2n) is 9.99. The molecule has 0 radical (unpaired) electrons. The van der Waals surface area contributed by atoms with Gasteiger partial charge in [-0.25, -0.2) is 8.42 Å². The fourth-order valence-electron chi connectivity index (χ4n) is 7.05. The molecule has 4 aliphatic rings. The fraction of sp³-hybridized carbons (Fsp3) is 0.480. The van der Waals surface area contributed by atoms with Crippen LogP contribution in [0.1, 0.15) is 55.2 Å².